The van der Waals surface area contributed by atoms with Crippen molar-refractivity contribution in [2.24, 2.45) is 5.73 Å². The fourth-order valence-corrected chi connectivity index (χ4v) is 2.64. The minimum Gasteiger partial charge on any atom is -0.508 e. The molecule has 1 aromatic carbocycles. The molecule has 3 atom stereocenters. The maximum Gasteiger partial charge on any atom is 0.237 e. The van der Waals surface area contributed by atoms with Gasteiger partial charge in [-0.05, 0) is 43.4 Å². The van der Waals surface area contributed by atoms with Crippen LogP contribution < -0.4 is 11.1 Å². The quantitative estimate of drug-likeness (QED) is 0.748. The number of amides is 1. The highest BCUT2D eigenvalue weighted by atomic mass is 16.5. The van der Waals surface area contributed by atoms with Gasteiger partial charge in [-0.1, -0.05) is 12.1 Å². The van der Waals surface area contributed by atoms with Crippen molar-refractivity contribution in [3.63, 3.8) is 0 Å². The van der Waals surface area contributed by atoms with Crippen LogP contribution in [0.3, 0.4) is 0 Å². The van der Waals surface area contributed by atoms with E-state index >= 15 is 0 Å². The number of methoxy groups -OCH3 is 1. The number of rotatable bonds is 5. The summed E-state index contributed by atoms with van der Waals surface area (Å²) in [6, 6.07) is 6.22. The van der Waals surface area contributed by atoms with Crippen molar-refractivity contribution in [3.05, 3.63) is 29.8 Å². The Morgan fingerprint density at radius 1 is 1.45 bits per heavy atom. The van der Waals surface area contributed by atoms with Crippen molar-refractivity contribution in [1.82, 2.24) is 5.32 Å². The second-order valence-corrected chi connectivity index (χ2v) is 5.30. The molecule has 1 fully saturated rings. The van der Waals surface area contributed by atoms with Gasteiger partial charge in [-0.3, -0.25) is 4.79 Å². The number of ether oxygens (including phenoxy) is 1. The molecule has 0 bridgehead atoms. The minimum atomic E-state index is -0.586. The molecule has 0 saturated heterocycles. The zero-order valence-electron chi connectivity index (χ0n) is 11.7. The summed E-state index contributed by atoms with van der Waals surface area (Å²) in [5.41, 5.74) is 6.87. The van der Waals surface area contributed by atoms with E-state index in [0.717, 1.165) is 24.8 Å². The topological polar surface area (TPSA) is 84.6 Å². The number of hydrogen-bond donors (Lipinski definition) is 3. The van der Waals surface area contributed by atoms with Crippen molar-refractivity contribution >= 4 is 5.91 Å². The largest absolute Gasteiger partial charge is 0.508 e. The third kappa shape index (κ3) is 3.71. The predicted octanol–water partition coefficient (Wildman–Crippen LogP) is 0.946. The van der Waals surface area contributed by atoms with Crippen LogP contribution in [-0.2, 0) is 16.0 Å². The Bertz CT molecular complexity index is 447. The van der Waals surface area contributed by atoms with E-state index in [2.05, 4.69) is 5.32 Å². The van der Waals surface area contributed by atoms with Gasteiger partial charge in [0.05, 0.1) is 18.2 Å². The van der Waals surface area contributed by atoms with Gasteiger partial charge < -0.3 is 20.9 Å². The molecule has 20 heavy (non-hydrogen) atoms. The van der Waals surface area contributed by atoms with E-state index in [9.17, 15) is 9.90 Å². The molecule has 2 rings (SSSR count). The maximum absolute atomic E-state index is 12.1. The first kappa shape index (κ1) is 14.8. The molecule has 0 spiro atoms. The van der Waals surface area contributed by atoms with Crippen molar-refractivity contribution in [1.29, 1.82) is 0 Å². The molecule has 110 valence electrons. The minimum absolute atomic E-state index is 0.0679. The fraction of sp³-hybridized carbons (Fsp3) is 0.533. The van der Waals surface area contributed by atoms with Crippen LogP contribution in [0, 0.1) is 0 Å². The molecule has 5 nitrogen and oxygen atoms in total. The van der Waals surface area contributed by atoms with Gasteiger partial charge in [0.1, 0.15) is 5.75 Å². The first-order chi connectivity index (χ1) is 9.60. The Kier molecular flexibility index (Phi) is 4.98. The van der Waals surface area contributed by atoms with Crippen LogP contribution in [0.15, 0.2) is 24.3 Å². The molecule has 1 aliphatic rings. The number of nitrogens with one attached hydrogen (secondary N) is 1. The maximum atomic E-state index is 12.1. The van der Waals surface area contributed by atoms with E-state index in [-0.39, 0.29) is 23.8 Å². The zero-order chi connectivity index (χ0) is 14.5. The third-order valence-corrected chi connectivity index (χ3v) is 3.81. The Hall–Kier alpha value is -1.59. The summed E-state index contributed by atoms with van der Waals surface area (Å²) in [4.78, 5) is 12.1. The molecule has 1 aromatic rings. The van der Waals surface area contributed by atoms with Gasteiger partial charge >= 0.3 is 0 Å². The Labute approximate surface area is 119 Å². The molecule has 1 aliphatic carbocycles. The molecule has 0 heterocycles. The van der Waals surface area contributed by atoms with Gasteiger partial charge in [-0.25, -0.2) is 0 Å². The number of hydrogen-bond acceptors (Lipinski definition) is 4. The van der Waals surface area contributed by atoms with Gasteiger partial charge in [0.15, 0.2) is 0 Å². The Morgan fingerprint density at radius 3 is 2.80 bits per heavy atom. The Balaban J connectivity index is 1.87. The number of carbonyl (C=O) groups excluding carboxylic acids is 1. The van der Waals surface area contributed by atoms with Crippen LogP contribution in [0.2, 0.25) is 0 Å². The highest BCUT2D eigenvalue weighted by molar-refractivity contribution is 5.82. The number of aromatic hydroxyl groups is 1. The van der Waals surface area contributed by atoms with E-state index in [0.29, 0.717) is 6.42 Å². The van der Waals surface area contributed by atoms with Gasteiger partial charge in [0.2, 0.25) is 5.91 Å². The summed E-state index contributed by atoms with van der Waals surface area (Å²) in [6.45, 7) is 0. The highest BCUT2D eigenvalue weighted by Gasteiger charge is 2.29. The first-order valence-electron chi connectivity index (χ1n) is 6.97. The summed E-state index contributed by atoms with van der Waals surface area (Å²) in [5.74, 6) is 0.0627. The molecule has 0 aliphatic heterocycles. The van der Waals surface area contributed by atoms with Crippen LogP contribution in [0.4, 0.5) is 0 Å². The van der Waals surface area contributed by atoms with E-state index < -0.39 is 6.04 Å². The lowest BCUT2D eigenvalue weighted by Crippen LogP contribution is -2.49. The molecule has 1 amide bonds. The molecular weight excluding hydrogens is 256 g/mol. The lowest BCUT2D eigenvalue weighted by molar-refractivity contribution is -0.123. The number of nitrogens with two attached hydrogens (primary N) is 1. The second kappa shape index (κ2) is 6.72. The van der Waals surface area contributed by atoms with E-state index in [1.54, 1.807) is 31.4 Å². The molecule has 2 unspecified atom stereocenters. The molecule has 0 aromatic heterocycles. The third-order valence-electron chi connectivity index (χ3n) is 3.81. The summed E-state index contributed by atoms with van der Waals surface area (Å²) in [5, 5.41) is 12.2. The Morgan fingerprint density at radius 2 is 2.15 bits per heavy atom. The van der Waals surface area contributed by atoms with Gasteiger partial charge in [-0.2, -0.15) is 0 Å². The van der Waals surface area contributed by atoms with Crippen molar-refractivity contribution in [3.8, 4) is 5.75 Å². The number of benzene rings is 1. The summed E-state index contributed by atoms with van der Waals surface area (Å²) >= 11 is 0. The normalized spacial score (nSPS) is 23.5. The number of phenols is 1. The van der Waals surface area contributed by atoms with E-state index in [1.165, 1.54) is 0 Å². The smallest absolute Gasteiger partial charge is 0.237 e. The molecular formula is C15H22N2O3. The average molecular weight is 278 g/mol. The predicted molar refractivity (Wildman–Crippen MR) is 76.4 cm³/mol. The van der Waals surface area contributed by atoms with Gasteiger partial charge in [0, 0.05) is 7.11 Å². The van der Waals surface area contributed by atoms with Crippen LogP contribution >= 0.6 is 0 Å². The number of phenolic OH excluding ortho intramolecular Hbond substituents is 1. The van der Waals surface area contributed by atoms with E-state index in [4.69, 9.17) is 10.5 Å². The monoisotopic (exact) mass is 278 g/mol. The van der Waals surface area contributed by atoms with Crippen molar-refractivity contribution < 1.29 is 14.6 Å². The molecule has 0 radical (unpaired) electrons. The molecule has 5 heteroatoms. The lowest BCUT2D eigenvalue weighted by atomic mass is 10.1. The van der Waals surface area contributed by atoms with Crippen LogP contribution in [0.5, 0.6) is 5.75 Å². The van der Waals surface area contributed by atoms with Crippen LogP contribution in [0.1, 0.15) is 24.8 Å². The summed E-state index contributed by atoms with van der Waals surface area (Å²) in [6.07, 6.45) is 3.54. The molecule has 4 N–H and O–H groups in total. The second-order valence-electron chi connectivity index (χ2n) is 5.30. The SMILES string of the molecule is COC1CCCC1NC(=O)[C@@H](N)Cc1ccc(O)cc1. The highest BCUT2D eigenvalue weighted by Crippen LogP contribution is 2.21. The fourth-order valence-electron chi connectivity index (χ4n) is 2.64. The van der Waals surface area contributed by atoms with Crippen molar-refractivity contribution in [2.45, 2.75) is 43.9 Å². The van der Waals surface area contributed by atoms with Crippen LogP contribution in [-0.4, -0.2) is 36.3 Å². The lowest BCUT2D eigenvalue weighted by Gasteiger charge is -2.21. The summed E-state index contributed by atoms with van der Waals surface area (Å²) in [7, 11) is 1.67. The van der Waals surface area contributed by atoms with Crippen molar-refractivity contribution in [2.75, 3.05) is 7.11 Å². The standard InChI is InChI=1S/C15H22N2O3/c1-20-14-4-2-3-13(14)17-15(19)12(16)9-10-5-7-11(18)8-6-10/h5-8,12-14,18H,2-4,9,16H2,1H3,(H,17,19)/t12-,13?,14?/m0/s1. The summed E-state index contributed by atoms with van der Waals surface area (Å²) < 4.78 is 5.35. The molecule has 1 saturated carbocycles. The van der Waals surface area contributed by atoms with E-state index in [1.807, 2.05) is 0 Å². The number of carbonyl (C=O) groups is 1. The first-order valence-corrected chi connectivity index (χ1v) is 6.97. The van der Waals surface area contributed by atoms with Gasteiger partial charge in [-0.15, -0.1) is 0 Å². The zero-order valence-corrected chi connectivity index (χ0v) is 11.7. The van der Waals surface area contributed by atoms with Gasteiger partial charge in [0.25, 0.3) is 0 Å². The van der Waals surface area contributed by atoms with Crippen LogP contribution in [0.25, 0.3) is 0 Å². The average Bonchev–Trinajstić information content (AvgIpc) is 2.88.